The average molecular weight is 299 g/mol. The minimum atomic E-state index is 0.949. The third-order valence-electron chi connectivity index (χ3n) is 2.74. The summed E-state index contributed by atoms with van der Waals surface area (Å²) >= 11 is 3.66. The Morgan fingerprint density at radius 1 is 1.24 bits per heavy atom. The van der Waals surface area contributed by atoms with Crippen LogP contribution in [-0.2, 0) is 6.54 Å². The van der Waals surface area contributed by atoms with E-state index in [4.69, 9.17) is 0 Å². The van der Waals surface area contributed by atoms with Crippen LogP contribution in [0.1, 0.15) is 32.3 Å². The minimum absolute atomic E-state index is 0.949. The normalized spacial score (nSPS) is 10.6. The standard InChI is InChI=1S/C14H23BrN2/c1-4-8-16-11-12-6-7-14(13(15)10-12)17(3)9-5-2/h6-7,10,16H,4-5,8-9,11H2,1-3H3. The van der Waals surface area contributed by atoms with Crippen LogP contribution in [0.3, 0.4) is 0 Å². The molecule has 0 heterocycles. The van der Waals surface area contributed by atoms with Gasteiger partial charge in [0.1, 0.15) is 0 Å². The molecule has 0 saturated heterocycles. The average Bonchev–Trinajstić information content (AvgIpc) is 2.29. The molecular formula is C14H23BrN2. The highest BCUT2D eigenvalue weighted by molar-refractivity contribution is 9.10. The van der Waals surface area contributed by atoms with E-state index in [2.05, 4.69) is 65.2 Å². The van der Waals surface area contributed by atoms with Gasteiger partial charge in [-0.25, -0.2) is 0 Å². The van der Waals surface area contributed by atoms with E-state index in [0.29, 0.717) is 0 Å². The minimum Gasteiger partial charge on any atom is -0.374 e. The Balaban J connectivity index is 2.65. The van der Waals surface area contributed by atoms with Crippen LogP contribution >= 0.6 is 15.9 Å². The summed E-state index contributed by atoms with van der Waals surface area (Å²) in [4.78, 5) is 2.29. The molecule has 0 spiro atoms. The first kappa shape index (κ1) is 14.5. The lowest BCUT2D eigenvalue weighted by atomic mass is 10.2. The van der Waals surface area contributed by atoms with Gasteiger partial charge >= 0.3 is 0 Å². The zero-order chi connectivity index (χ0) is 12.7. The van der Waals surface area contributed by atoms with Gasteiger partial charge in [0.2, 0.25) is 0 Å². The fourth-order valence-corrected chi connectivity index (χ4v) is 2.56. The van der Waals surface area contributed by atoms with Gasteiger partial charge in [0, 0.05) is 24.6 Å². The van der Waals surface area contributed by atoms with Gasteiger partial charge in [-0.3, -0.25) is 0 Å². The van der Waals surface area contributed by atoms with E-state index >= 15 is 0 Å². The van der Waals surface area contributed by atoms with Crippen molar-refractivity contribution in [2.45, 2.75) is 33.2 Å². The molecular weight excluding hydrogens is 276 g/mol. The van der Waals surface area contributed by atoms with Crippen LogP contribution < -0.4 is 10.2 Å². The Kier molecular flexibility index (Phi) is 6.60. The van der Waals surface area contributed by atoms with Crippen molar-refractivity contribution in [2.75, 3.05) is 25.0 Å². The van der Waals surface area contributed by atoms with Gasteiger partial charge in [-0.05, 0) is 53.0 Å². The van der Waals surface area contributed by atoms with Crippen LogP contribution in [0.25, 0.3) is 0 Å². The molecule has 0 saturated carbocycles. The Bertz CT molecular complexity index is 339. The summed E-state index contributed by atoms with van der Waals surface area (Å²) in [5, 5.41) is 3.42. The summed E-state index contributed by atoms with van der Waals surface area (Å²) < 4.78 is 1.18. The summed E-state index contributed by atoms with van der Waals surface area (Å²) in [5.74, 6) is 0. The molecule has 1 aromatic rings. The molecule has 0 amide bonds. The predicted octanol–water partition coefficient (Wildman–Crippen LogP) is 3.79. The molecule has 1 rings (SSSR count). The van der Waals surface area contributed by atoms with Crippen molar-refractivity contribution >= 4 is 21.6 Å². The number of nitrogens with zero attached hydrogens (tertiary/aromatic N) is 1. The number of rotatable bonds is 7. The highest BCUT2D eigenvalue weighted by atomic mass is 79.9. The first-order chi connectivity index (χ1) is 8.19. The highest BCUT2D eigenvalue weighted by Crippen LogP contribution is 2.26. The maximum atomic E-state index is 3.66. The molecule has 3 heteroatoms. The van der Waals surface area contributed by atoms with E-state index < -0.39 is 0 Å². The molecule has 0 radical (unpaired) electrons. The molecule has 1 N–H and O–H groups in total. The summed E-state index contributed by atoms with van der Waals surface area (Å²) in [7, 11) is 2.14. The fraction of sp³-hybridized carbons (Fsp3) is 0.571. The van der Waals surface area contributed by atoms with E-state index in [0.717, 1.165) is 19.6 Å². The van der Waals surface area contributed by atoms with Crippen molar-refractivity contribution in [1.29, 1.82) is 0 Å². The third kappa shape index (κ3) is 4.68. The largest absolute Gasteiger partial charge is 0.374 e. The summed E-state index contributed by atoms with van der Waals surface area (Å²) in [6.07, 6.45) is 2.35. The molecule has 2 nitrogen and oxygen atoms in total. The lowest BCUT2D eigenvalue weighted by Gasteiger charge is -2.20. The zero-order valence-corrected chi connectivity index (χ0v) is 12.7. The number of halogens is 1. The third-order valence-corrected chi connectivity index (χ3v) is 3.37. The molecule has 0 aliphatic carbocycles. The van der Waals surface area contributed by atoms with Gasteiger partial charge in [0.05, 0.1) is 5.69 Å². The molecule has 0 bridgehead atoms. The molecule has 1 aromatic carbocycles. The predicted molar refractivity (Wildman–Crippen MR) is 79.7 cm³/mol. The lowest BCUT2D eigenvalue weighted by molar-refractivity contribution is 0.675. The maximum Gasteiger partial charge on any atom is 0.0508 e. The quantitative estimate of drug-likeness (QED) is 0.771. The van der Waals surface area contributed by atoms with Gasteiger partial charge in [-0.15, -0.1) is 0 Å². The van der Waals surface area contributed by atoms with Gasteiger partial charge in [0.15, 0.2) is 0 Å². The van der Waals surface area contributed by atoms with E-state index in [1.165, 1.54) is 28.6 Å². The van der Waals surface area contributed by atoms with Crippen LogP contribution in [0.5, 0.6) is 0 Å². The van der Waals surface area contributed by atoms with Crippen molar-refractivity contribution < 1.29 is 0 Å². The number of benzene rings is 1. The second kappa shape index (κ2) is 7.72. The van der Waals surface area contributed by atoms with Gasteiger partial charge in [-0.1, -0.05) is 19.9 Å². The molecule has 0 unspecified atom stereocenters. The Morgan fingerprint density at radius 2 is 2.00 bits per heavy atom. The molecule has 96 valence electrons. The lowest BCUT2D eigenvalue weighted by Crippen LogP contribution is -2.18. The zero-order valence-electron chi connectivity index (χ0n) is 11.1. The summed E-state index contributed by atoms with van der Waals surface area (Å²) in [5.41, 5.74) is 2.60. The molecule has 0 atom stereocenters. The van der Waals surface area contributed by atoms with Crippen molar-refractivity contribution in [1.82, 2.24) is 5.32 Å². The smallest absolute Gasteiger partial charge is 0.0508 e. The monoisotopic (exact) mass is 298 g/mol. The SMILES string of the molecule is CCCNCc1ccc(N(C)CCC)c(Br)c1. The number of hydrogen-bond donors (Lipinski definition) is 1. The topological polar surface area (TPSA) is 15.3 Å². The Labute approximate surface area is 114 Å². The van der Waals surface area contributed by atoms with E-state index in [-0.39, 0.29) is 0 Å². The van der Waals surface area contributed by atoms with Crippen molar-refractivity contribution in [3.63, 3.8) is 0 Å². The van der Waals surface area contributed by atoms with Crippen LogP contribution in [0, 0.1) is 0 Å². The maximum absolute atomic E-state index is 3.66. The number of anilines is 1. The van der Waals surface area contributed by atoms with Gasteiger partial charge in [-0.2, -0.15) is 0 Å². The Hall–Kier alpha value is -0.540. The van der Waals surface area contributed by atoms with Gasteiger partial charge in [0.25, 0.3) is 0 Å². The molecule has 0 aliphatic heterocycles. The highest BCUT2D eigenvalue weighted by Gasteiger charge is 2.05. The van der Waals surface area contributed by atoms with E-state index in [1.807, 2.05) is 0 Å². The second-order valence-electron chi connectivity index (χ2n) is 4.38. The fourth-order valence-electron chi connectivity index (χ4n) is 1.84. The van der Waals surface area contributed by atoms with Crippen molar-refractivity contribution in [2.24, 2.45) is 0 Å². The molecule has 0 fully saturated rings. The van der Waals surface area contributed by atoms with Crippen LogP contribution in [0.15, 0.2) is 22.7 Å². The Morgan fingerprint density at radius 3 is 2.59 bits per heavy atom. The molecule has 0 aromatic heterocycles. The first-order valence-electron chi connectivity index (χ1n) is 6.39. The van der Waals surface area contributed by atoms with Crippen molar-refractivity contribution in [3.05, 3.63) is 28.2 Å². The summed E-state index contributed by atoms with van der Waals surface area (Å²) in [6, 6.07) is 6.61. The van der Waals surface area contributed by atoms with E-state index in [9.17, 15) is 0 Å². The second-order valence-corrected chi connectivity index (χ2v) is 5.24. The number of nitrogens with one attached hydrogen (secondary N) is 1. The van der Waals surface area contributed by atoms with Crippen molar-refractivity contribution in [3.8, 4) is 0 Å². The first-order valence-corrected chi connectivity index (χ1v) is 7.18. The molecule has 17 heavy (non-hydrogen) atoms. The summed E-state index contributed by atoms with van der Waals surface area (Å²) in [6.45, 7) is 7.50. The van der Waals surface area contributed by atoms with E-state index in [1.54, 1.807) is 0 Å². The number of hydrogen-bond acceptors (Lipinski definition) is 2. The van der Waals surface area contributed by atoms with Crippen LogP contribution in [-0.4, -0.2) is 20.1 Å². The van der Waals surface area contributed by atoms with Crippen LogP contribution in [0.4, 0.5) is 5.69 Å². The van der Waals surface area contributed by atoms with Crippen LogP contribution in [0.2, 0.25) is 0 Å². The molecule has 0 aliphatic rings. The van der Waals surface area contributed by atoms with Gasteiger partial charge < -0.3 is 10.2 Å².